The summed E-state index contributed by atoms with van der Waals surface area (Å²) in [6.45, 7) is 7.26. The topological polar surface area (TPSA) is 12.2 Å². The van der Waals surface area contributed by atoms with Crippen LogP contribution in [0.5, 0.6) is 0 Å². The fourth-order valence-electron chi connectivity index (χ4n) is 1.78. The first kappa shape index (κ1) is 10.2. The molecule has 0 N–H and O–H groups in total. The van der Waals surface area contributed by atoms with E-state index in [0.29, 0.717) is 0 Å². The van der Waals surface area contributed by atoms with Crippen molar-refractivity contribution in [1.82, 2.24) is 0 Å². The van der Waals surface area contributed by atoms with E-state index in [1.807, 2.05) is 0 Å². The number of nitrogens with zero attached hydrogens (tertiary/aromatic N) is 1. The first-order valence-corrected chi connectivity index (χ1v) is 5.32. The van der Waals surface area contributed by atoms with Gasteiger partial charge in [0.05, 0.1) is 5.56 Å². The van der Waals surface area contributed by atoms with Crippen LogP contribution in [0.4, 0.5) is 0 Å². The zero-order valence-corrected chi connectivity index (χ0v) is 9.87. The number of rotatable bonds is 1. The molecule has 0 unspecified atom stereocenters. The molecule has 0 spiro atoms. The molecule has 0 saturated heterocycles. The molecule has 0 atom stereocenters. The summed E-state index contributed by atoms with van der Waals surface area (Å²) in [5, 5.41) is 0. The molecule has 0 aliphatic carbocycles. The van der Waals surface area contributed by atoms with Crippen LogP contribution in [0.3, 0.4) is 0 Å². The highest BCUT2D eigenvalue weighted by Crippen LogP contribution is 2.20. The predicted octanol–water partition coefficient (Wildman–Crippen LogP) is 2.19. The Kier molecular flexibility index (Phi) is 2.29. The van der Waals surface area contributed by atoms with E-state index in [4.69, 9.17) is 4.74 Å². The number of hydrogen-bond donors (Lipinski definition) is 0. The Morgan fingerprint density at radius 3 is 2.47 bits per heavy atom. The maximum absolute atomic E-state index is 5.79. The summed E-state index contributed by atoms with van der Waals surface area (Å²) in [5.74, 6) is 0.998. The second-order valence-electron chi connectivity index (χ2n) is 4.78. The van der Waals surface area contributed by atoms with Gasteiger partial charge in [0.1, 0.15) is 7.05 Å². The first-order valence-electron chi connectivity index (χ1n) is 5.32. The highest BCUT2D eigenvalue weighted by molar-refractivity contribution is 5.92. The zero-order chi connectivity index (χ0) is 11.1. The van der Waals surface area contributed by atoms with E-state index in [2.05, 4.69) is 56.7 Å². The first-order chi connectivity index (χ1) is 7.02. The van der Waals surface area contributed by atoms with E-state index in [1.165, 1.54) is 11.1 Å². The average Bonchev–Trinajstić information content (AvgIpc) is 2.44. The summed E-state index contributed by atoms with van der Waals surface area (Å²) in [4.78, 5) is 0. The van der Waals surface area contributed by atoms with Gasteiger partial charge in [-0.1, -0.05) is 18.2 Å². The lowest BCUT2D eigenvalue weighted by molar-refractivity contribution is -0.562. The minimum absolute atomic E-state index is 0.0949. The van der Waals surface area contributed by atoms with E-state index in [9.17, 15) is 0 Å². The molecule has 15 heavy (non-hydrogen) atoms. The van der Waals surface area contributed by atoms with Crippen molar-refractivity contribution in [1.29, 1.82) is 0 Å². The second kappa shape index (κ2) is 3.37. The third-order valence-electron chi connectivity index (χ3n) is 3.15. The van der Waals surface area contributed by atoms with Gasteiger partial charge in [-0.05, 0) is 18.6 Å². The molecule has 1 aromatic rings. The van der Waals surface area contributed by atoms with Crippen molar-refractivity contribution >= 4 is 5.90 Å². The molecule has 80 valence electrons. The Bertz CT molecular complexity index is 418. The summed E-state index contributed by atoms with van der Waals surface area (Å²) in [5.41, 5.74) is 2.56. The van der Waals surface area contributed by atoms with Gasteiger partial charge in [0.25, 0.3) is 0 Å². The van der Waals surface area contributed by atoms with Crippen LogP contribution in [0.25, 0.3) is 0 Å². The summed E-state index contributed by atoms with van der Waals surface area (Å²) in [7, 11) is 2.09. The lowest BCUT2D eigenvalue weighted by atomic mass is 10.1. The third kappa shape index (κ3) is 1.65. The summed E-state index contributed by atoms with van der Waals surface area (Å²) < 4.78 is 8.01. The van der Waals surface area contributed by atoms with Crippen LogP contribution in [0.2, 0.25) is 0 Å². The quantitative estimate of drug-likeness (QED) is 0.639. The Hall–Kier alpha value is -1.31. The van der Waals surface area contributed by atoms with Crippen molar-refractivity contribution in [2.24, 2.45) is 0 Å². The minimum atomic E-state index is 0.0949. The van der Waals surface area contributed by atoms with Gasteiger partial charge in [0.2, 0.25) is 0 Å². The van der Waals surface area contributed by atoms with Gasteiger partial charge < -0.3 is 4.74 Å². The Balaban J connectivity index is 2.50. The second-order valence-corrected chi connectivity index (χ2v) is 4.78. The normalized spacial score (nSPS) is 19.2. The summed E-state index contributed by atoms with van der Waals surface area (Å²) in [6, 6.07) is 8.34. The predicted molar refractivity (Wildman–Crippen MR) is 61.5 cm³/mol. The van der Waals surface area contributed by atoms with E-state index < -0.39 is 0 Å². The molecule has 1 aliphatic heterocycles. The number of hydrogen-bond acceptors (Lipinski definition) is 1. The Morgan fingerprint density at radius 1 is 1.27 bits per heavy atom. The zero-order valence-electron chi connectivity index (χ0n) is 9.87. The molecule has 2 rings (SSSR count). The van der Waals surface area contributed by atoms with Crippen molar-refractivity contribution < 1.29 is 9.31 Å². The van der Waals surface area contributed by atoms with Crippen molar-refractivity contribution in [3.05, 3.63) is 35.4 Å². The van der Waals surface area contributed by atoms with Crippen molar-refractivity contribution in [3.63, 3.8) is 0 Å². The highest BCUT2D eigenvalue weighted by Gasteiger charge is 2.40. The summed E-state index contributed by atoms with van der Waals surface area (Å²) in [6.07, 6.45) is 0. The Morgan fingerprint density at radius 2 is 1.93 bits per heavy atom. The number of ether oxygens (including phenoxy) is 1. The van der Waals surface area contributed by atoms with Crippen LogP contribution < -0.4 is 0 Å². The molecule has 1 aromatic carbocycles. The van der Waals surface area contributed by atoms with Crippen LogP contribution in [0.1, 0.15) is 25.0 Å². The number of benzene rings is 1. The molecule has 0 radical (unpaired) electrons. The molecule has 0 aromatic heterocycles. The molecule has 1 aliphatic rings. The average molecular weight is 204 g/mol. The molecule has 1 heterocycles. The van der Waals surface area contributed by atoms with Crippen molar-refractivity contribution in [2.75, 3.05) is 13.7 Å². The van der Waals surface area contributed by atoms with Gasteiger partial charge in [-0.2, -0.15) is 4.58 Å². The fourth-order valence-corrected chi connectivity index (χ4v) is 1.78. The van der Waals surface area contributed by atoms with E-state index >= 15 is 0 Å². The van der Waals surface area contributed by atoms with Crippen molar-refractivity contribution in [3.8, 4) is 0 Å². The SMILES string of the molecule is Cc1ccccc1C1=[N+](C)C(C)(C)CO1. The molecule has 0 bridgehead atoms. The van der Waals surface area contributed by atoms with Gasteiger partial charge in [-0.25, -0.2) is 0 Å². The third-order valence-corrected chi connectivity index (χ3v) is 3.15. The van der Waals surface area contributed by atoms with Crippen LogP contribution in [0, 0.1) is 6.92 Å². The van der Waals surface area contributed by atoms with Crippen LogP contribution in [0.15, 0.2) is 24.3 Å². The van der Waals surface area contributed by atoms with Gasteiger partial charge in [-0.3, -0.25) is 0 Å². The summed E-state index contributed by atoms with van der Waals surface area (Å²) >= 11 is 0. The lowest BCUT2D eigenvalue weighted by Gasteiger charge is -2.09. The number of aryl methyl sites for hydroxylation is 1. The molecular formula is C13H18NO+. The van der Waals surface area contributed by atoms with Crippen LogP contribution >= 0.6 is 0 Å². The van der Waals surface area contributed by atoms with E-state index in [1.54, 1.807) is 0 Å². The standard InChI is InChI=1S/C13H18NO/c1-10-7-5-6-8-11(10)12-14(4)13(2,3)9-15-12/h5-8H,9H2,1-4H3/q+1. The van der Waals surface area contributed by atoms with Crippen LogP contribution in [-0.4, -0.2) is 29.7 Å². The molecule has 2 nitrogen and oxygen atoms in total. The Labute approximate surface area is 91.2 Å². The van der Waals surface area contributed by atoms with Gasteiger partial charge in [-0.15, -0.1) is 0 Å². The lowest BCUT2D eigenvalue weighted by Crippen LogP contribution is -2.33. The number of likely N-dealkylation sites (N-methyl/N-ethyl adjacent to an activating group) is 1. The monoisotopic (exact) mass is 204 g/mol. The molecule has 0 amide bonds. The van der Waals surface area contributed by atoms with E-state index in [0.717, 1.165) is 12.5 Å². The van der Waals surface area contributed by atoms with Crippen molar-refractivity contribution in [2.45, 2.75) is 26.3 Å². The minimum Gasteiger partial charge on any atom is -0.437 e. The smallest absolute Gasteiger partial charge is 0.370 e. The van der Waals surface area contributed by atoms with Gasteiger partial charge in [0, 0.05) is 13.8 Å². The largest absolute Gasteiger partial charge is 0.437 e. The van der Waals surface area contributed by atoms with Crippen LogP contribution in [-0.2, 0) is 4.74 Å². The maximum Gasteiger partial charge on any atom is 0.370 e. The molecule has 0 saturated carbocycles. The highest BCUT2D eigenvalue weighted by atomic mass is 16.5. The maximum atomic E-state index is 5.79. The van der Waals surface area contributed by atoms with Gasteiger partial charge >= 0.3 is 5.90 Å². The fraction of sp³-hybridized carbons (Fsp3) is 0.462. The molecule has 2 heteroatoms. The van der Waals surface area contributed by atoms with Gasteiger partial charge in [0.15, 0.2) is 12.1 Å². The molecular weight excluding hydrogens is 186 g/mol. The van der Waals surface area contributed by atoms with E-state index in [-0.39, 0.29) is 5.54 Å². The molecule has 0 fully saturated rings.